The van der Waals surface area contributed by atoms with Crippen molar-refractivity contribution in [2.45, 2.75) is 0 Å². The molecular weight excluding hydrogens is 270 g/mol. The van der Waals surface area contributed by atoms with E-state index in [-0.39, 0.29) is 0 Å². The van der Waals surface area contributed by atoms with Gasteiger partial charge in [0.05, 0.1) is 0 Å². The summed E-state index contributed by atoms with van der Waals surface area (Å²) in [5, 5.41) is 18.9. The standard InChI is InChI=1S/C12H11N.C4H4O4/c1-3-7-11(8-4-1)13-12-9-5-2-6-10-12;5-3(6)1-2-4(7)8/h1-10,13H;1-2H,(H,5,6)(H,7,8). The zero-order valence-electron chi connectivity index (χ0n) is 11.1. The number of nitrogens with one attached hydrogen (secondary N) is 1. The summed E-state index contributed by atoms with van der Waals surface area (Å²) in [7, 11) is 0. The molecule has 0 heterocycles. The van der Waals surface area contributed by atoms with Crippen molar-refractivity contribution in [3.8, 4) is 0 Å². The molecule has 0 aliphatic heterocycles. The van der Waals surface area contributed by atoms with Crippen LogP contribution in [0.4, 0.5) is 11.4 Å². The second-order valence-electron chi connectivity index (χ2n) is 3.87. The zero-order valence-corrected chi connectivity index (χ0v) is 11.1. The Bertz CT molecular complexity index is 541. The van der Waals surface area contributed by atoms with E-state index < -0.39 is 11.9 Å². The van der Waals surface area contributed by atoms with E-state index >= 15 is 0 Å². The summed E-state index contributed by atoms with van der Waals surface area (Å²) in [5.41, 5.74) is 2.24. The molecule has 5 heteroatoms. The highest BCUT2D eigenvalue weighted by Crippen LogP contribution is 2.14. The van der Waals surface area contributed by atoms with Gasteiger partial charge in [-0.3, -0.25) is 0 Å². The maximum absolute atomic E-state index is 9.55. The molecule has 0 aliphatic rings. The van der Waals surface area contributed by atoms with E-state index in [1.165, 1.54) is 0 Å². The topological polar surface area (TPSA) is 86.6 Å². The monoisotopic (exact) mass is 285 g/mol. The average Bonchev–Trinajstić information content (AvgIpc) is 2.48. The number of aliphatic carboxylic acids is 2. The third kappa shape index (κ3) is 7.84. The molecule has 0 unspecified atom stereocenters. The molecule has 3 N–H and O–H groups in total. The number of anilines is 2. The van der Waals surface area contributed by atoms with Gasteiger partial charge in [-0.1, -0.05) is 36.4 Å². The fraction of sp³-hybridized carbons (Fsp3) is 0. The van der Waals surface area contributed by atoms with Gasteiger partial charge in [0, 0.05) is 23.5 Å². The largest absolute Gasteiger partial charge is 0.478 e. The second-order valence-corrected chi connectivity index (χ2v) is 3.87. The Morgan fingerprint density at radius 1 is 0.714 bits per heavy atom. The minimum absolute atomic E-state index is 0.558. The van der Waals surface area contributed by atoms with Gasteiger partial charge in [0.25, 0.3) is 0 Å². The number of para-hydroxylation sites is 2. The van der Waals surface area contributed by atoms with Crippen LogP contribution in [-0.2, 0) is 9.59 Å². The quantitative estimate of drug-likeness (QED) is 0.751. The molecule has 0 bridgehead atoms. The fourth-order valence-corrected chi connectivity index (χ4v) is 1.35. The molecule has 0 saturated carbocycles. The molecule has 108 valence electrons. The first kappa shape index (κ1) is 16.0. The van der Waals surface area contributed by atoms with Gasteiger partial charge in [-0.2, -0.15) is 0 Å². The molecule has 0 aromatic heterocycles. The molecular formula is C16H15NO4. The van der Waals surface area contributed by atoms with Gasteiger partial charge in [0.2, 0.25) is 0 Å². The third-order valence-electron chi connectivity index (χ3n) is 2.20. The Kier molecular flexibility index (Phi) is 6.79. The van der Waals surface area contributed by atoms with Crippen LogP contribution in [-0.4, -0.2) is 22.2 Å². The fourth-order valence-electron chi connectivity index (χ4n) is 1.35. The Morgan fingerprint density at radius 2 is 1.05 bits per heavy atom. The molecule has 2 aromatic rings. The molecule has 0 saturated heterocycles. The Balaban J connectivity index is 0.000000240. The van der Waals surface area contributed by atoms with E-state index in [0.29, 0.717) is 12.2 Å². The first-order chi connectivity index (χ1) is 10.1. The van der Waals surface area contributed by atoms with Crippen LogP contribution in [0.2, 0.25) is 0 Å². The Hall–Kier alpha value is -3.08. The van der Waals surface area contributed by atoms with Crippen molar-refractivity contribution >= 4 is 23.3 Å². The maximum Gasteiger partial charge on any atom is 0.328 e. The molecule has 2 aromatic carbocycles. The van der Waals surface area contributed by atoms with Crippen molar-refractivity contribution in [3.05, 3.63) is 72.8 Å². The summed E-state index contributed by atoms with van der Waals surface area (Å²) in [5.74, 6) is -2.51. The van der Waals surface area contributed by atoms with Gasteiger partial charge in [0.1, 0.15) is 0 Å². The Morgan fingerprint density at radius 3 is 1.33 bits per heavy atom. The summed E-state index contributed by atoms with van der Waals surface area (Å²) in [4.78, 5) is 19.1. The Labute approximate surface area is 122 Å². The predicted molar refractivity (Wildman–Crippen MR) is 80.6 cm³/mol. The van der Waals surface area contributed by atoms with Crippen LogP contribution in [0.3, 0.4) is 0 Å². The molecule has 0 aliphatic carbocycles. The van der Waals surface area contributed by atoms with Crippen molar-refractivity contribution in [1.82, 2.24) is 0 Å². The minimum atomic E-state index is -1.26. The second kappa shape index (κ2) is 8.92. The average molecular weight is 285 g/mol. The lowest BCUT2D eigenvalue weighted by Gasteiger charge is -2.04. The molecule has 0 radical (unpaired) electrons. The molecule has 21 heavy (non-hydrogen) atoms. The molecule has 0 fully saturated rings. The van der Waals surface area contributed by atoms with Gasteiger partial charge in [-0.15, -0.1) is 0 Å². The summed E-state index contributed by atoms with van der Waals surface area (Å²) >= 11 is 0. The predicted octanol–water partition coefficient (Wildman–Crippen LogP) is 3.14. The summed E-state index contributed by atoms with van der Waals surface area (Å²) in [6, 6.07) is 20.3. The van der Waals surface area contributed by atoms with E-state index in [1.807, 2.05) is 60.7 Å². The van der Waals surface area contributed by atoms with Crippen LogP contribution < -0.4 is 5.32 Å². The van der Waals surface area contributed by atoms with E-state index in [9.17, 15) is 9.59 Å². The van der Waals surface area contributed by atoms with Crippen molar-refractivity contribution in [2.75, 3.05) is 5.32 Å². The minimum Gasteiger partial charge on any atom is -0.478 e. The molecule has 0 spiro atoms. The lowest BCUT2D eigenvalue weighted by atomic mass is 10.3. The van der Waals surface area contributed by atoms with E-state index in [1.54, 1.807) is 0 Å². The number of benzene rings is 2. The van der Waals surface area contributed by atoms with Crippen molar-refractivity contribution in [3.63, 3.8) is 0 Å². The highest BCUT2D eigenvalue weighted by molar-refractivity contribution is 5.89. The van der Waals surface area contributed by atoms with Crippen LogP contribution in [0, 0.1) is 0 Å². The smallest absolute Gasteiger partial charge is 0.328 e. The first-order valence-electron chi connectivity index (χ1n) is 6.09. The molecule has 5 nitrogen and oxygen atoms in total. The van der Waals surface area contributed by atoms with Gasteiger partial charge in [0.15, 0.2) is 0 Å². The van der Waals surface area contributed by atoms with Crippen LogP contribution in [0.5, 0.6) is 0 Å². The van der Waals surface area contributed by atoms with Crippen LogP contribution in [0.1, 0.15) is 0 Å². The van der Waals surface area contributed by atoms with Crippen molar-refractivity contribution in [1.29, 1.82) is 0 Å². The SMILES string of the molecule is O=C(O)C=CC(=O)O.c1ccc(Nc2ccccc2)cc1. The zero-order chi connectivity index (χ0) is 15.5. The van der Waals surface area contributed by atoms with Gasteiger partial charge >= 0.3 is 11.9 Å². The lowest BCUT2D eigenvalue weighted by Crippen LogP contribution is -1.91. The summed E-state index contributed by atoms with van der Waals surface area (Å²) in [6.07, 6.45) is 1.12. The summed E-state index contributed by atoms with van der Waals surface area (Å²) in [6.45, 7) is 0. The highest BCUT2D eigenvalue weighted by Gasteiger charge is 1.90. The number of carboxylic acid groups (broad SMARTS) is 2. The van der Waals surface area contributed by atoms with Gasteiger partial charge < -0.3 is 15.5 Å². The third-order valence-corrected chi connectivity index (χ3v) is 2.20. The number of rotatable bonds is 4. The van der Waals surface area contributed by atoms with Gasteiger partial charge in [-0.25, -0.2) is 9.59 Å². The van der Waals surface area contributed by atoms with Crippen LogP contribution in [0.25, 0.3) is 0 Å². The number of hydrogen-bond acceptors (Lipinski definition) is 3. The van der Waals surface area contributed by atoms with E-state index in [4.69, 9.17) is 10.2 Å². The van der Waals surface area contributed by atoms with E-state index in [2.05, 4.69) is 5.32 Å². The van der Waals surface area contributed by atoms with Crippen molar-refractivity contribution in [2.24, 2.45) is 0 Å². The maximum atomic E-state index is 9.55. The first-order valence-corrected chi connectivity index (χ1v) is 6.09. The van der Waals surface area contributed by atoms with Crippen LogP contribution in [0.15, 0.2) is 72.8 Å². The molecule has 2 rings (SSSR count). The number of hydrogen-bond donors (Lipinski definition) is 3. The lowest BCUT2D eigenvalue weighted by molar-refractivity contribution is -0.134. The highest BCUT2D eigenvalue weighted by atomic mass is 16.4. The van der Waals surface area contributed by atoms with Gasteiger partial charge in [-0.05, 0) is 24.3 Å². The molecule has 0 atom stereocenters. The normalized spacial score (nSPS) is 9.52. The number of carboxylic acids is 2. The van der Waals surface area contributed by atoms with E-state index in [0.717, 1.165) is 11.4 Å². The van der Waals surface area contributed by atoms with Crippen molar-refractivity contribution < 1.29 is 19.8 Å². The van der Waals surface area contributed by atoms with Crippen LogP contribution >= 0.6 is 0 Å². The molecule has 0 amide bonds. The summed E-state index contributed by atoms with van der Waals surface area (Å²) < 4.78 is 0. The number of carbonyl (C=O) groups is 2.